The Morgan fingerprint density at radius 2 is 1.92 bits per heavy atom. The van der Waals surface area contributed by atoms with E-state index in [-0.39, 0.29) is 23.7 Å². The number of sulfonamides is 1. The molecule has 3 aromatic heterocycles. The summed E-state index contributed by atoms with van der Waals surface area (Å²) < 4.78 is 42.6. The fourth-order valence-electron chi connectivity index (χ4n) is 5.36. The van der Waals surface area contributed by atoms with Crippen molar-refractivity contribution in [3.8, 4) is 11.4 Å². The van der Waals surface area contributed by atoms with Crippen LogP contribution in [0.4, 0.5) is 16.0 Å². The molecule has 4 aromatic rings. The third kappa shape index (κ3) is 4.83. The molecule has 0 radical (unpaired) electrons. The minimum Gasteiger partial charge on any atom is -0.353 e. The Balaban J connectivity index is 1.24. The van der Waals surface area contributed by atoms with Crippen LogP contribution in [0.5, 0.6) is 0 Å². The van der Waals surface area contributed by atoms with Gasteiger partial charge in [-0.2, -0.15) is 0 Å². The average Bonchev–Trinajstić information content (AvgIpc) is 3.53. The molecule has 9 nitrogen and oxygen atoms in total. The number of nitrogens with one attached hydrogen (secondary N) is 1. The normalized spacial score (nSPS) is 18.3. The van der Waals surface area contributed by atoms with Crippen LogP contribution in [0, 0.1) is 5.82 Å². The van der Waals surface area contributed by atoms with E-state index in [1.807, 2.05) is 43.3 Å². The van der Waals surface area contributed by atoms with Crippen molar-refractivity contribution >= 4 is 27.3 Å². The Hall–Kier alpha value is -3.57. The number of hydrogen-bond donors (Lipinski definition) is 1. The van der Waals surface area contributed by atoms with Crippen LogP contribution in [0.2, 0.25) is 0 Å². The van der Waals surface area contributed by atoms with Gasteiger partial charge in [0.2, 0.25) is 10.0 Å². The van der Waals surface area contributed by atoms with Gasteiger partial charge in [0.15, 0.2) is 5.65 Å². The van der Waals surface area contributed by atoms with Crippen LogP contribution in [0.15, 0.2) is 60.8 Å². The van der Waals surface area contributed by atoms with Crippen LogP contribution in [0.1, 0.15) is 37.8 Å². The fourth-order valence-corrected chi connectivity index (χ4v) is 6.67. The molecule has 0 spiro atoms. The summed E-state index contributed by atoms with van der Waals surface area (Å²) in [7, 11) is -3.24. The van der Waals surface area contributed by atoms with Crippen molar-refractivity contribution in [2.24, 2.45) is 0 Å². The first-order chi connectivity index (χ1) is 18.4. The van der Waals surface area contributed by atoms with Gasteiger partial charge in [0.05, 0.1) is 29.7 Å². The Morgan fingerprint density at radius 1 is 1.08 bits per heavy atom. The predicted molar refractivity (Wildman–Crippen MR) is 145 cm³/mol. The van der Waals surface area contributed by atoms with E-state index >= 15 is 0 Å². The highest BCUT2D eigenvalue weighted by atomic mass is 32.2. The van der Waals surface area contributed by atoms with Crippen molar-refractivity contribution in [2.75, 3.05) is 35.2 Å². The summed E-state index contributed by atoms with van der Waals surface area (Å²) in [5, 5.41) is 4.93. The van der Waals surface area contributed by atoms with Gasteiger partial charge < -0.3 is 9.80 Å². The first-order valence-corrected chi connectivity index (χ1v) is 14.6. The summed E-state index contributed by atoms with van der Waals surface area (Å²) in [5.41, 5.74) is 3.17. The van der Waals surface area contributed by atoms with E-state index in [0.717, 1.165) is 48.0 Å². The summed E-state index contributed by atoms with van der Waals surface area (Å²) in [6, 6.07) is 16.5. The highest BCUT2D eigenvalue weighted by Gasteiger charge is 2.31. The van der Waals surface area contributed by atoms with Crippen LogP contribution < -0.4 is 14.5 Å². The van der Waals surface area contributed by atoms with E-state index < -0.39 is 10.0 Å². The molecule has 1 N–H and O–H groups in total. The highest BCUT2D eigenvalue weighted by molar-refractivity contribution is 7.89. The van der Waals surface area contributed by atoms with Gasteiger partial charge in [-0.1, -0.05) is 25.1 Å². The van der Waals surface area contributed by atoms with Crippen molar-refractivity contribution in [2.45, 2.75) is 38.3 Å². The van der Waals surface area contributed by atoms with Gasteiger partial charge in [-0.15, -0.1) is 5.10 Å². The molecule has 1 unspecified atom stereocenters. The van der Waals surface area contributed by atoms with E-state index in [1.54, 1.807) is 22.8 Å². The lowest BCUT2D eigenvalue weighted by molar-refractivity contribution is 0.466. The molecule has 198 valence electrons. The largest absolute Gasteiger partial charge is 0.353 e. The number of rotatable bonds is 8. The number of fused-ring (bicyclic) bond motifs is 1. The maximum Gasteiger partial charge on any atom is 0.211 e. The van der Waals surface area contributed by atoms with Crippen LogP contribution in [0.3, 0.4) is 0 Å². The number of imidazole rings is 1. The second kappa shape index (κ2) is 9.95. The van der Waals surface area contributed by atoms with Crippen molar-refractivity contribution in [1.29, 1.82) is 0 Å². The molecular weight excluding hydrogens is 505 g/mol. The molecule has 2 aliphatic heterocycles. The Bertz CT molecular complexity index is 1570. The molecular formula is C27H30FN7O2S. The van der Waals surface area contributed by atoms with Gasteiger partial charge >= 0.3 is 0 Å². The molecule has 2 fully saturated rings. The molecule has 11 heteroatoms. The monoisotopic (exact) mass is 535 g/mol. The number of benzene rings is 1. The lowest BCUT2D eigenvalue weighted by Gasteiger charge is -2.40. The van der Waals surface area contributed by atoms with Gasteiger partial charge in [-0.05, 0) is 61.2 Å². The summed E-state index contributed by atoms with van der Waals surface area (Å²) in [4.78, 5) is 13.7. The van der Waals surface area contributed by atoms with E-state index in [1.165, 1.54) is 6.07 Å². The quantitative estimate of drug-likeness (QED) is 0.367. The molecule has 0 bridgehead atoms. The second-order valence-electron chi connectivity index (χ2n) is 9.93. The van der Waals surface area contributed by atoms with Crippen molar-refractivity contribution in [3.05, 3.63) is 72.2 Å². The lowest BCUT2D eigenvalue weighted by atomic mass is 10.0. The van der Waals surface area contributed by atoms with E-state index in [9.17, 15) is 12.8 Å². The van der Waals surface area contributed by atoms with Crippen LogP contribution in [0.25, 0.3) is 17.0 Å². The zero-order valence-corrected chi connectivity index (χ0v) is 22.0. The van der Waals surface area contributed by atoms with E-state index in [0.29, 0.717) is 25.2 Å². The molecule has 5 heterocycles. The highest BCUT2D eigenvalue weighted by Crippen LogP contribution is 2.36. The van der Waals surface area contributed by atoms with Crippen LogP contribution in [-0.4, -0.2) is 59.4 Å². The Kier molecular flexibility index (Phi) is 6.48. The minimum absolute atomic E-state index is 0.0678. The number of pyridine rings is 1. The third-order valence-corrected chi connectivity index (χ3v) is 8.79. The number of nitrogens with zero attached hydrogens (tertiary/aromatic N) is 6. The zero-order chi connectivity index (χ0) is 26.3. The topological polar surface area (TPSA) is 95.7 Å². The van der Waals surface area contributed by atoms with Crippen molar-refractivity contribution in [3.63, 3.8) is 0 Å². The average molecular weight is 536 g/mol. The van der Waals surface area contributed by atoms with Gasteiger partial charge in [-0.3, -0.25) is 0 Å². The maximum absolute atomic E-state index is 13.9. The summed E-state index contributed by atoms with van der Waals surface area (Å²) in [6.45, 7) is 3.85. The van der Waals surface area contributed by atoms with Crippen LogP contribution >= 0.6 is 0 Å². The van der Waals surface area contributed by atoms with E-state index in [2.05, 4.69) is 19.5 Å². The molecule has 2 saturated heterocycles. The predicted octanol–water partition coefficient (Wildman–Crippen LogP) is 3.79. The molecule has 0 saturated carbocycles. The van der Waals surface area contributed by atoms with Gasteiger partial charge in [0.1, 0.15) is 23.1 Å². The van der Waals surface area contributed by atoms with Gasteiger partial charge in [0, 0.05) is 19.6 Å². The number of anilines is 2. The van der Waals surface area contributed by atoms with Crippen LogP contribution in [-0.2, 0) is 10.0 Å². The van der Waals surface area contributed by atoms with Gasteiger partial charge in [0.25, 0.3) is 0 Å². The van der Waals surface area contributed by atoms with Crippen molar-refractivity contribution in [1.82, 2.24) is 24.3 Å². The Labute approximate surface area is 221 Å². The minimum atomic E-state index is -3.24. The summed E-state index contributed by atoms with van der Waals surface area (Å²) in [5.74, 6) is 1.50. The molecule has 1 atom stereocenters. The fraction of sp³-hybridized carbons (Fsp3) is 0.370. The molecule has 2 aliphatic rings. The number of halogens is 1. The SMILES string of the molecule is CCCS(=O)(=O)NC1CN(c2cccc(-c3cnc4ccc(N5CCCC5c5cccc(F)c5)nn34)n2)C1. The summed E-state index contributed by atoms with van der Waals surface area (Å²) in [6.07, 6.45) is 4.30. The van der Waals surface area contributed by atoms with Gasteiger partial charge in [-0.25, -0.2) is 32.0 Å². The number of aromatic nitrogens is 4. The molecule has 1 aromatic carbocycles. The molecule has 0 amide bonds. The first kappa shape index (κ1) is 24.7. The zero-order valence-electron chi connectivity index (χ0n) is 21.2. The maximum atomic E-state index is 13.9. The summed E-state index contributed by atoms with van der Waals surface area (Å²) >= 11 is 0. The van der Waals surface area contributed by atoms with E-state index in [4.69, 9.17) is 10.1 Å². The third-order valence-electron chi connectivity index (χ3n) is 7.15. The lowest BCUT2D eigenvalue weighted by Crippen LogP contribution is -2.59. The van der Waals surface area contributed by atoms with Crippen molar-refractivity contribution < 1.29 is 12.8 Å². The smallest absolute Gasteiger partial charge is 0.211 e. The molecule has 38 heavy (non-hydrogen) atoms. The Morgan fingerprint density at radius 3 is 2.74 bits per heavy atom. The second-order valence-corrected chi connectivity index (χ2v) is 11.8. The molecule has 6 rings (SSSR count). The standard InChI is InChI=1S/C27H30FN7O2S/c1-2-14-38(36,37)32-21-17-33(18-21)26-10-4-8-22(30-26)24-16-29-25-11-12-27(31-35(24)25)34-13-5-9-23(34)19-6-3-7-20(28)15-19/h3-4,6-8,10-12,15-16,21,23,32H,2,5,9,13-14,17-18H2,1H3. The first-order valence-electron chi connectivity index (χ1n) is 13.0. The number of hydrogen-bond acceptors (Lipinski definition) is 7. The molecule has 0 aliphatic carbocycles.